The first-order chi connectivity index (χ1) is 14.2. The summed E-state index contributed by atoms with van der Waals surface area (Å²) in [5, 5.41) is 14.2. The van der Waals surface area contributed by atoms with Gasteiger partial charge in [0.25, 0.3) is 0 Å². The lowest BCUT2D eigenvalue weighted by Crippen LogP contribution is -2.53. The number of carboxylic acids is 1. The first-order valence-corrected chi connectivity index (χ1v) is 9.95. The van der Waals surface area contributed by atoms with Crippen LogP contribution in [0.4, 0.5) is 4.79 Å². The lowest BCUT2D eigenvalue weighted by Gasteiger charge is -2.25. The Morgan fingerprint density at radius 2 is 1.42 bits per heavy atom. The Balaban J connectivity index is 2.96. The van der Waals surface area contributed by atoms with Gasteiger partial charge in [-0.2, -0.15) is 0 Å². The van der Waals surface area contributed by atoms with Gasteiger partial charge in [-0.3, -0.25) is 9.59 Å². The molecule has 0 bridgehead atoms. The van der Waals surface area contributed by atoms with Crippen LogP contribution in [0.1, 0.15) is 53.5 Å². The second-order valence-corrected chi connectivity index (χ2v) is 9.08. The number of hydrogen-bond donors (Lipinski definition) is 3. The third kappa shape index (κ3) is 11.0. The van der Waals surface area contributed by atoms with Crippen molar-refractivity contribution in [1.82, 2.24) is 10.6 Å². The molecule has 0 fully saturated rings. The van der Waals surface area contributed by atoms with Crippen molar-refractivity contribution in [2.24, 2.45) is 0 Å². The van der Waals surface area contributed by atoms with Crippen molar-refractivity contribution in [1.29, 1.82) is 0 Å². The van der Waals surface area contributed by atoms with E-state index in [1.807, 2.05) is 0 Å². The highest BCUT2D eigenvalue weighted by Crippen LogP contribution is 2.12. The van der Waals surface area contributed by atoms with Crippen LogP contribution < -0.4 is 10.6 Å². The second kappa shape index (κ2) is 10.8. The molecule has 9 nitrogen and oxygen atoms in total. The predicted molar refractivity (Wildman–Crippen MR) is 113 cm³/mol. The zero-order valence-corrected chi connectivity index (χ0v) is 18.9. The van der Waals surface area contributed by atoms with Crippen molar-refractivity contribution in [3.63, 3.8) is 0 Å². The summed E-state index contributed by atoms with van der Waals surface area (Å²) in [6.45, 7) is 9.95. The smallest absolute Gasteiger partial charge is 0.408 e. The van der Waals surface area contributed by atoms with Crippen LogP contribution in [-0.4, -0.2) is 52.3 Å². The second-order valence-electron chi connectivity index (χ2n) is 9.08. The quantitative estimate of drug-likeness (QED) is 0.533. The van der Waals surface area contributed by atoms with Crippen LogP contribution in [0, 0.1) is 0 Å². The lowest BCUT2D eigenvalue weighted by molar-refractivity contribution is -0.156. The van der Waals surface area contributed by atoms with Crippen molar-refractivity contribution in [3.05, 3.63) is 35.9 Å². The van der Waals surface area contributed by atoms with Gasteiger partial charge in [0, 0.05) is 6.42 Å². The molecule has 3 N–H and O–H groups in total. The average molecular weight is 437 g/mol. The minimum Gasteiger partial charge on any atom is -0.480 e. The Kier molecular flexibility index (Phi) is 9.02. The van der Waals surface area contributed by atoms with E-state index < -0.39 is 53.6 Å². The normalized spacial score (nSPS) is 13.5. The van der Waals surface area contributed by atoms with E-state index in [1.54, 1.807) is 71.9 Å². The molecule has 2 amide bonds. The number of amides is 2. The van der Waals surface area contributed by atoms with Crippen LogP contribution in [0.2, 0.25) is 0 Å². The fraction of sp³-hybridized carbons (Fsp3) is 0.545. The number of esters is 1. The number of rotatable bonds is 8. The molecule has 0 aromatic heterocycles. The zero-order valence-electron chi connectivity index (χ0n) is 18.9. The van der Waals surface area contributed by atoms with E-state index >= 15 is 0 Å². The van der Waals surface area contributed by atoms with E-state index in [2.05, 4.69) is 10.6 Å². The molecular formula is C22H32N2O7. The fourth-order valence-corrected chi connectivity index (χ4v) is 2.53. The third-order valence-corrected chi connectivity index (χ3v) is 3.70. The maximum atomic E-state index is 12.8. The largest absolute Gasteiger partial charge is 0.480 e. The molecule has 2 atom stereocenters. The van der Waals surface area contributed by atoms with Gasteiger partial charge in [0.05, 0.1) is 6.42 Å². The molecule has 0 aliphatic heterocycles. The Bertz CT molecular complexity index is 749. The van der Waals surface area contributed by atoms with Crippen molar-refractivity contribution in [2.45, 2.75) is 77.7 Å². The average Bonchev–Trinajstić information content (AvgIpc) is 2.58. The number of hydrogen-bond acceptors (Lipinski definition) is 6. The summed E-state index contributed by atoms with van der Waals surface area (Å²) in [6.07, 6.45) is -1.36. The van der Waals surface area contributed by atoms with E-state index in [0.29, 0.717) is 5.56 Å². The maximum absolute atomic E-state index is 12.8. The summed E-state index contributed by atoms with van der Waals surface area (Å²) >= 11 is 0. The molecule has 0 saturated carbocycles. The highest BCUT2D eigenvalue weighted by Gasteiger charge is 2.31. The van der Waals surface area contributed by atoms with Crippen LogP contribution in [0.3, 0.4) is 0 Å². The molecule has 0 heterocycles. The van der Waals surface area contributed by atoms with E-state index in [9.17, 15) is 24.3 Å². The summed E-state index contributed by atoms with van der Waals surface area (Å²) in [6, 6.07) is 6.15. The Hall–Kier alpha value is -3.10. The minimum atomic E-state index is -1.37. The van der Waals surface area contributed by atoms with Gasteiger partial charge in [0.1, 0.15) is 23.3 Å². The Morgan fingerprint density at radius 1 is 0.871 bits per heavy atom. The number of carbonyl (C=O) groups is 4. The third-order valence-electron chi connectivity index (χ3n) is 3.70. The van der Waals surface area contributed by atoms with E-state index in [0.717, 1.165) is 0 Å². The molecule has 0 aliphatic carbocycles. The number of aliphatic carboxylic acids is 1. The maximum Gasteiger partial charge on any atom is 0.408 e. The summed E-state index contributed by atoms with van der Waals surface area (Å²) in [4.78, 5) is 48.9. The van der Waals surface area contributed by atoms with Crippen molar-refractivity contribution in [3.8, 4) is 0 Å². The SMILES string of the molecule is CC(C)(C)OC(=O)CC(NC(=O)OC(C)(C)C)C(=O)NC(Cc1ccccc1)C(=O)O. The van der Waals surface area contributed by atoms with Gasteiger partial charge in [-0.15, -0.1) is 0 Å². The summed E-state index contributed by atoms with van der Waals surface area (Å²) < 4.78 is 10.4. The first kappa shape index (κ1) is 25.9. The summed E-state index contributed by atoms with van der Waals surface area (Å²) in [5.74, 6) is -2.80. The molecule has 172 valence electrons. The highest BCUT2D eigenvalue weighted by atomic mass is 16.6. The Morgan fingerprint density at radius 3 is 1.90 bits per heavy atom. The highest BCUT2D eigenvalue weighted by molar-refractivity contribution is 5.92. The van der Waals surface area contributed by atoms with Gasteiger partial charge in [0.2, 0.25) is 5.91 Å². The molecular weight excluding hydrogens is 404 g/mol. The standard InChI is InChI=1S/C22H32N2O7/c1-21(2,3)30-17(25)13-15(24-20(29)31-22(4,5)6)18(26)23-16(19(27)28)12-14-10-8-7-9-11-14/h7-11,15-16H,12-13H2,1-6H3,(H,23,26)(H,24,29)(H,27,28). The van der Waals surface area contributed by atoms with Gasteiger partial charge in [-0.1, -0.05) is 30.3 Å². The molecule has 2 unspecified atom stereocenters. The van der Waals surface area contributed by atoms with Crippen LogP contribution in [0.15, 0.2) is 30.3 Å². The van der Waals surface area contributed by atoms with E-state index in [4.69, 9.17) is 9.47 Å². The molecule has 0 spiro atoms. The molecule has 31 heavy (non-hydrogen) atoms. The number of benzene rings is 1. The summed E-state index contributed by atoms with van der Waals surface area (Å²) in [5.41, 5.74) is -0.909. The van der Waals surface area contributed by atoms with E-state index in [-0.39, 0.29) is 6.42 Å². The Labute approximate surface area is 182 Å². The number of carbonyl (C=O) groups excluding carboxylic acids is 3. The molecule has 1 aromatic carbocycles. The van der Waals surface area contributed by atoms with E-state index in [1.165, 1.54) is 0 Å². The topological polar surface area (TPSA) is 131 Å². The van der Waals surface area contributed by atoms with Gasteiger partial charge < -0.3 is 25.2 Å². The molecule has 1 rings (SSSR count). The number of ether oxygens (including phenoxy) is 2. The fourth-order valence-electron chi connectivity index (χ4n) is 2.53. The molecule has 1 aromatic rings. The van der Waals surface area contributed by atoms with Crippen LogP contribution in [-0.2, 0) is 30.3 Å². The zero-order chi connectivity index (χ0) is 23.8. The van der Waals surface area contributed by atoms with Crippen LogP contribution in [0.25, 0.3) is 0 Å². The van der Waals surface area contributed by atoms with Gasteiger partial charge in [-0.25, -0.2) is 9.59 Å². The van der Waals surface area contributed by atoms with Gasteiger partial charge >= 0.3 is 18.0 Å². The minimum absolute atomic E-state index is 0.0352. The summed E-state index contributed by atoms with van der Waals surface area (Å²) in [7, 11) is 0. The number of carboxylic acid groups (broad SMARTS) is 1. The molecule has 0 radical (unpaired) electrons. The van der Waals surface area contributed by atoms with Gasteiger partial charge in [-0.05, 0) is 47.1 Å². The monoisotopic (exact) mass is 436 g/mol. The lowest BCUT2D eigenvalue weighted by atomic mass is 10.1. The first-order valence-electron chi connectivity index (χ1n) is 9.95. The molecule has 0 saturated heterocycles. The molecule has 0 aliphatic rings. The van der Waals surface area contributed by atoms with Crippen molar-refractivity contribution < 1.29 is 33.8 Å². The van der Waals surface area contributed by atoms with Gasteiger partial charge in [0.15, 0.2) is 0 Å². The van der Waals surface area contributed by atoms with Crippen molar-refractivity contribution in [2.75, 3.05) is 0 Å². The number of alkyl carbamates (subject to hydrolysis) is 1. The van der Waals surface area contributed by atoms with Crippen molar-refractivity contribution >= 4 is 23.9 Å². The van der Waals surface area contributed by atoms with Crippen LogP contribution >= 0.6 is 0 Å². The predicted octanol–water partition coefficient (Wildman–Crippen LogP) is 2.42. The van der Waals surface area contributed by atoms with Crippen LogP contribution in [0.5, 0.6) is 0 Å². The number of nitrogens with one attached hydrogen (secondary N) is 2. The molecule has 9 heteroatoms.